The van der Waals surface area contributed by atoms with Gasteiger partial charge in [-0.3, -0.25) is 14.7 Å². The second kappa shape index (κ2) is 4.58. The number of H-pyrrole nitrogens is 1. The Hall–Kier alpha value is -1.85. The molecule has 3 aliphatic rings. The van der Waals surface area contributed by atoms with Crippen molar-refractivity contribution in [2.24, 2.45) is 5.41 Å². The predicted octanol–water partition coefficient (Wildman–Crippen LogP) is 1.03. The van der Waals surface area contributed by atoms with Crippen LogP contribution in [-0.4, -0.2) is 46.5 Å². The number of carbonyl (C=O) groups is 2. The van der Waals surface area contributed by atoms with Crippen LogP contribution in [0.1, 0.15) is 54.2 Å². The Kier molecular flexibility index (Phi) is 2.80. The average Bonchev–Trinajstić information content (AvgIpc) is 3.08. The fourth-order valence-electron chi connectivity index (χ4n) is 3.58. The highest BCUT2D eigenvalue weighted by molar-refractivity contribution is 5.94. The number of piperidine rings is 1. The Balaban J connectivity index is 1.49. The molecule has 21 heavy (non-hydrogen) atoms. The van der Waals surface area contributed by atoms with Crippen LogP contribution in [0.15, 0.2) is 6.07 Å². The molecule has 2 saturated heterocycles. The monoisotopic (exact) mass is 288 g/mol. The molecule has 1 aliphatic carbocycles. The topological polar surface area (TPSA) is 78.1 Å². The number of rotatable bonds is 2. The van der Waals surface area contributed by atoms with Gasteiger partial charge in [0.25, 0.3) is 5.91 Å². The summed E-state index contributed by atoms with van der Waals surface area (Å²) < 4.78 is 0. The molecule has 2 amide bonds. The molecule has 3 heterocycles. The van der Waals surface area contributed by atoms with E-state index in [4.69, 9.17) is 0 Å². The minimum absolute atomic E-state index is 0.0478. The third-order valence-electron chi connectivity index (χ3n) is 5.07. The lowest BCUT2D eigenvalue weighted by Crippen LogP contribution is -2.47. The Morgan fingerprint density at radius 2 is 2.24 bits per heavy atom. The van der Waals surface area contributed by atoms with Gasteiger partial charge in [0.2, 0.25) is 5.91 Å². The van der Waals surface area contributed by atoms with Gasteiger partial charge in [-0.1, -0.05) is 0 Å². The molecule has 3 fully saturated rings. The van der Waals surface area contributed by atoms with Crippen LogP contribution in [0.4, 0.5) is 0 Å². The molecule has 2 aliphatic heterocycles. The largest absolute Gasteiger partial charge is 0.356 e. The maximum atomic E-state index is 12.5. The highest BCUT2D eigenvalue weighted by atomic mass is 16.2. The summed E-state index contributed by atoms with van der Waals surface area (Å²) in [5.41, 5.74) is 1.21. The van der Waals surface area contributed by atoms with E-state index in [0.717, 1.165) is 31.5 Å². The van der Waals surface area contributed by atoms with E-state index in [0.29, 0.717) is 24.7 Å². The van der Waals surface area contributed by atoms with E-state index in [-0.39, 0.29) is 17.2 Å². The van der Waals surface area contributed by atoms with E-state index in [9.17, 15) is 9.59 Å². The Morgan fingerprint density at radius 3 is 3.00 bits per heavy atom. The highest BCUT2D eigenvalue weighted by Gasteiger charge is 2.47. The first-order chi connectivity index (χ1) is 10.2. The second-order valence-electron chi connectivity index (χ2n) is 6.60. The number of likely N-dealkylation sites (tertiary alicyclic amines) is 1. The normalized spacial score (nSPS) is 29.0. The number of aromatic nitrogens is 2. The SMILES string of the molecule is O=C(c1cc(C2CC2)[nH]n1)N1CC[C@@]2(CCCNC2=O)C1. The number of hydrogen-bond donors (Lipinski definition) is 2. The maximum absolute atomic E-state index is 12.5. The zero-order valence-electron chi connectivity index (χ0n) is 12.0. The lowest BCUT2D eigenvalue weighted by Gasteiger charge is -2.31. The van der Waals surface area contributed by atoms with Gasteiger partial charge in [-0.25, -0.2) is 0 Å². The summed E-state index contributed by atoms with van der Waals surface area (Å²) in [7, 11) is 0. The molecule has 0 bridgehead atoms. The van der Waals surface area contributed by atoms with Crippen molar-refractivity contribution in [3.8, 4) is 0 Å². The molecule has 1 aromatic heterocycles. The van der Waals surface area contributed by atoms with Gasteiger partial charge < -0.3 is 10.2 Å². The molecule has 1 atom stereocenters. The summed E-state index contributed by atoms with van der Waals surface area (Å²) in [4.78, 5) is 26.5. The summed E-state index contributed by atoms with van der Waals surface area (Å²) in [6.07, 6.45) is 5.02. The van der Waals surface area contributed by atoms with E-state index in [1.807, 2.05) is 6.07 Å². The average molecular weight is 288 g/mol. The van der Waals surface area contributed by atoms with Gasteiger partial charge in [0.05, 0.1) is 5.41 Å². The van der Waals surface area contributed by atoms with E-state index in [1.54, 1.807) is 4.90 Å². The van der Waals surface area contributed by atoms with Crippen LogP contribution in [0.3, 0.4) is 0 Å². The van der Waals surface area contributed by atoms with E-state index >= 15 is 0 Å². The summed E-state index contributed by atoms with van der Waals surface area (Å²) in [5.74, 6) is 0.631. The zero-order valence-corrected chi connectivity index (χ0v) is 12.0. The van der Waals surface area contributed by atoms with Crippen LogP contribution in [0.2, 0.25) is 0 Å². The highest BCUT2D eigenvalue weighted by Crippen LogP contribution is 2.40. The molecule has 1 saturated carbocycles. The van der Waals surface area contributed by atoms with Gasteiger partial charge in [0, 0.05) is 31.2 Å². The first kappa shape index (κ1) is 12.9. The maximum Gasteiger partial charge on any atom is 0.274 e. The standard InChI is InChI=1S/C15H20N4O2/c20-13(12-8-11(17-18-12)10-2-3-10)19-7-5-15(9-19)4-1-6-16-14(15)21/h8,10H,1-7,9H2,(H,16,21)(H,17,18)/t15-/m0/s1. The number of carbonyl (C=O) groups excluding carboxylic acids is 2. The number of amides is 2. The van der Waals surface area contributed by atoms with E-state index in [1.165, 1.54) is 12.8 Å². The van der Waals surface area contributed by atoms with Crippen molar-refractivity contribution in [2.45, 2.75) is 38.0 Å². The summed E-state index contributed by atoms with van der Waals surface area (Å²) >= 11 is 0. The van der Waals surface area contributed by atoms with Crippen molar-refractivity contribution in [1.82, 2.24) is 20.4 Å². The molecular formula is C15H20N4O2. The molecule has 0 unspecified atom stereocenters. The molecule has 0 radical (unpaired) electrons. The Bertz CT molecular complexity index is 592. The third kappa shape index (κ3) is 2.13. The fraction of sp³-hybridized carbons (Fsp3) is 0.667. The van der Waals surface area contributed by atoms with Gasteiger partial charge >= 0.3 is 0 Å². The van der Waals surface area contributed by atoms with Crippen LogP contribution >= 0.6 is 0 Å². The molecule has 1 aromatic rings. The third-order valence-corrected chi connectivity index (χ3v) is 5.07. The van der Waals surface area contributed by atoms with E-state index < -0.39 is 0 Å². The van der Waals surface area contributed by atoms with Crippen molar-refractivity contribution in [2.75, 3.05) is 19.6 Å². The minimum Gasteiger partial charge on any atom is -0.356 e. The Labute approximate surface area is 123 Å². The van der Waals surface area contributed by atoms with Crippen LogP contribution in [0, 0.1) is 5.41 Å². The fourth-order valence-corrected chi connectivity index (χ4v) is 3.58. The van der Waals surface area contributed by atoms with Gasteiger partial charge in [-0.2, -0.15) is 5.10 Å². The molecule has 6 heteroatoms. The number of aromatic amines is 1. The molecule has 2 N–H and O–H groups in total. The molecule has 4 rings (SSSR count). The molecule has 1 spiro atoms. The minimum atomic E-state index is -0.358. The van der Waals surface area contributed by atoms with Crippen molar-refractivity contribution >= 4 is 11.8 Å². The molecule has 112 valence electrons. The Morgan fingerprint density at radius 1 is 1.38 bits per heavy atom. The first-order valence-corrected chi connectivity index (χ1v) is 7.81. The lowest BCUT2D eigenvalue weighted by molar-refractivity contribution is -0.132. The van der Waals surface area contributed by atoms with Gasteiger partial charge in [0.15, 0.2) is 0 Å². The molecular weight excluding hydrogens is 268 g/mol. The molecule has 0 aromatic carbocycles. The van der Waals surface area contributed by atoms with Gasteiger partial charge in [-0.15, -0.1) is 0 Å². The van der Waals surface area contributed by atoms with Crippen LogP contribution in [0.25, 0.3) is 0 Å². The number of nitrogens with one attached hydrogen (secondary N) is 2. The lowest BCUT2D eigenvalue weighted by atomic mass is 9.79. The number of hydrogen-bond acceptors (Lipinski definition) is 3. The van der Waals surface area contributed by atoms with Crippen LogP contribution in [0.5, 0.6) is 0 Å². The van der Waals surface area contributed by atoms with E-state index in [2.05, 4.69) is 15.5 Å². The summed E-state index contributed by atoms with van der Waals surface area (Å²) in [6, 6.07) is 1.88. The molecule has 6 nitrogen and oxygen atoms in total. The number of nitrogens with zero attached hydrogens (tertiary/aromatic N) is 2. The zero-order chi connectivity index (χ0) is 14.4. The van der Waals surface area contributed by atoms with Crippen molar-refractivity contribution in [3.05, 3.63) is 17.5 Å². The van der Waals surface area contributed by atoms with Crippen molar-refractivity contribution in [3.63, 3.8) is 0 Å². The van der Waals surface area contributed by atoms with Crippen molar-refractivity contribution in [1.29, 1.82) is 0 Å². The summed E-state index contributed by atoms with van der Waals surface area (Å²) in [6.45, 7) is 1.94. The van der Waals surface area contributed by atoms with Crippen LogP contribution < -0.4 is 5.32 Å². The predicted molar refractivity (Wildman–Crippen MR) is 75.8 cm³/mol. The summed E-state index contributed by atoms with van der Waals surface area (Å²) in [5, 5.41) is 10.1. The van der Waals surface area contributed by atoms with Gasteiger partial charge in [0.1, 0.15) is 5.69 Å². The van der Waals surface area contributed by atoms with Crippen molar-refractivity contribution < 1.29 is 9.59 Å². The van der Waals surface area contributed by atoms with Crippen LogP contribution in [-0.2, 0) is 4.79 Å². The first-order valence-electron chi connectivity index (χ1n) is 7.81. The van der Waals surface area contributed by atoms with Gasteiger partial charge in [-0.05, 0) is 38.2 Å². The second-order valence-corrected chi connectivity index (χ2v) is 6.60. The smallest absolute Gasteiger partial charge is 0.274 e. The quantitative estimate of drug-likeness (QED) is 0.853.